The monoisotopic (exact) mass is 158 g/mol. The maximum Gasteiger partial charge on any atom is 0.325 e. The number of hydrogen-bond donors (Lipinski definition) is 2. The molecule has 0 radical (unpaired) electrons. The van der Waals surface area contributed by atoms with Crippen molar-refractivity contribution in [3.05, 3.63) is 27.0 Å². The van der Waals surface area contributed by atoms with E-state index in [2.05, 4.69) is 9.97 Å². The number of aromatic amines is 2. The Morgan fingerprint density at radius 2 is 2.20 bits per heavy atom. The second-order valence-corrected chi connectivity index (χ2v) is 2.49. The van der Waals surface area contributed by atoms with Gasteiger partial charge in [0.25, 0.3) is 5.56 Å². The van der Waals surface area contributed by atoms with Gasteiger partial charge in [-0.2, -0.15) is 0 Å². The zero-order valence-electron chi connectivity index (χ0n) is 5.30. The molecular weight excluding hydrogens is 152 g/mol. The summed E-state index contributed by atoms with van der Waals surface area (Å²) in [6.07, 6.45) is 3.16. The molecule has 10 heavy (non-hydrogen) atoms. The first-order valence-corrected chi connectivity index (χ1v) is 3.82. The van der Waals surface area contributed by atoms with E-state index in [1.165, 1.54) is 18.0 Å². The van der Waals surface area contributed by atoms with E-state index in [4.69, 9.17) is 0 Å². The highest BCUT2D eigenvalue weighted by Crippen LogP contribution is 2.02. The summed E-state index contributed by atoms with van der Waals surface area (Å²) < 4.78 is 0. The van der Waals surface area contributed by atoms with Gasteiger partial charge in [0.15, 0.2) is 0 Å². The lowest BCUT2D eigenvalue weighted by Crippen LogP contribution is -2.22. The molecule has 0 atom stereocenters. The quantitative estimate of drug-likeness (QED) is 0.555. The van der Waals surface area contributed by atoms with Crippen molar-refractivity contribution in [2.24, 2.45) is 0 Å². The van der Waals surface area contributed by atoms with Crippen LogP contribution in [0.4, 0.5) is 0 Å². The van der Waals surface area contributed by atoms with Gasteiger partial charge in [-0.15, -0.1) is 11.8 Å². The van der Waals surface area contributed by atoms with Crippen LogP contribution in [0, 0.1) is 0 Å². The minimum Gasteiger partial charge on any atom is -0.313 e. The molecular formula is C5H6N2O2S. The van der Waals surface area contributed by atoms with E-state index in [1.54, 1.807) is 6.26 Å². The molecule has 0 unspecified atom stereocenters. The predicted octanol–water partition coefficient (Wildman–Crippen LogP) is -0.215. The molecule has 0 spiro atoms. The Kier molecular flexibility index (Phi) is 1.96. The maximum absolute atomic E-state index is 10.8. The summed E-state index contributed by atoms with van der Waals surface area (Å²) in [6.45, 7) is 0. The second-order valence-electron chi connectivity index (χ2n) is 1.64. The first-order valence-electron chi connectivity index (χ1n) is 2.60. The van der Waals surface area contributed by atoms with Crippen LogP contribution in [0.25, 0.3) is 0 Å². The van der Waals surface area contributed by atoms with Crippen LogP contribution >= 0.6 is 11.8 Å². The van der Waals surface area contributed by atoms with Gasteiger partial charge in [0.05, 0.1) is 4.90 Å². The van der Waals surface area contributed by atoms with Crippen molar-refractivity contribution in [1.82, 2.24) is 9.97 Å². The number of thioether (sulfide) groups is 1. The van der Waals surface area contributed by atoms with E-state index in [9.17, 15) is 9.59 Å². The van der Waals surface area contributed by atoms with E-state index in [-0.39, 0.29) is 5.56 Å². The van der Waals surface area contributed by atoms with Crippen molar-refractivity contribution in [2.75, 3.05) is 6.26 Å². The van der Waals surface area contributed by atoms with Gasteiger partial charge in [0.2, 0.25) is 0 Å². The minimum absolute atomic E-state index is 0.337. The first-order chi connectivity index (χ1) is 4.74. The van der Waals surface area contributed by atoms with Crippen LogP contribution in [0.15, 0.2) is 20.7 Å². The van der Waals surface area contributed by atoms with E-state index >= 15 is 0 Å². The van der Waals surface area contributed by atoms with E-state index < -0.39 is 5.69 Å². The van der Waals surface area contributed by atoms with Crippen LogP contribution in [-0.2, 0) is 0 Å². The van der Waals surface area contributed by atoms with Gasteiger partial charge < -0.3 is 4.98 Å². The molecule has 4 nitrogen and oxygen atoms in total. The molecule has 2 N–H and O–H groups in total. The Bertz CT molecular complexity index is 327. The van der Waals surface area contributed by atoms with Crippen LogP contribution in [0.5, 0.6) is 0 Å². The van der Waals surface area contributed by atoms with Crippen LogP contribution in [0.3, 0.4) is 0 Å². The molecule has 0 bridgehead atoms. The van der Waals surface area contributed by atoms with E-state index in [1.807, 2.05) is 0 Å². The van der Waals surface area contributed by atoms with Gasteiger partial charge in [0.1, 0.15) is 0 Å². The minimum atomic E-state index is -0.470. The zero-order chi connectivity index (χ0) is 7.56. The fourth-order valence-electron chi connectivity index (χ4n) is 0.549. The Labute approximate surface area is 60.7 Å². The summed E-state index contributed by atoms with van der Waals surface area (Å²) in [5, 5.41) is 0. The Morgan fingerprint density at radius 1 is 1.50 bits per heavy atom. The highest BCUT2D eigenvalue weighted by molar-refractivity contribution is 7.98. The van der Waals surface area contributed by atoms with Crippen molar-refractivity contribution in [2.45, 2.75) is 4.90 Å². The molecule has 54 valence electrons. The van der Waals surface area contributed by atoms with Crippen LogP contribution in [0.2, 0.25) is 0 Å². The third-order valence-electron chi connectivity index (χ3n) is 1.01. The van der Waals surface area contributed by atoms with Crippen molar-refractivity contribution < 1.29 is 0 Å². The molecule has 0 saturated carbocycles. The average Bonchev–Trinajstić information content (AvgIpc) is 1.88. The summed E-state index contributed by atoms with van der Waals surface area (Å²) in [6, 6.07) is 0. The summed E-state index contributed by atoms with van der Waals surface area (Å²) in [5.74, 6) is 0. The normalized spacial score (nSPS) is 9.70. The molecule has 0 aliphatic rings. The van der Waals surface area contributed by atoms with Gasteiger partial charge in [-0.25, -0.2) is 4.79 Å². The van der Waals surface area contributed by atoms with Crippen LogP contribution < -0.4 is 11.2 Å². The van der Waals surface area contributed by atoms with Crippen molar-refractivity contribution >= 4 is 11.8 Å². The third-order valence-corrected chi connectivity index (χ3v) is 1.75. The fraction of sp³-hybridized carbons (Fsp3) is 0.200. The van der Waals surface area contributed by atoms with E-state index in [0.717, 1.165) is 0 Å². The number of aromatic nitrogens is 2. The molecule has 1 aromatic rings. The average molecular weight is 158 g/mol. The van der Waals surface area contributed by atoms with E-state index in [0.29, 0.717) is 4.90 Å². The molecule has 0 saturated heterocycles. The lowest BCUT2D eigenvalue weighted by molar-refractivity contribution is 0.978. The molecule has 0 aliphatic heterocycles. The van der Waals surface area contributed by atoms with Crippen molar-refractivity contribution in [1.29, 1.82) is 0 Å². The smallest absolute Gasteiger partial charge is 0.313 e. The molecule has 0 amide bonds. The predicted molar refractivity (Wildman–Crippen MR) is 39.5 cm³/mol. The van der Waals surface area contributed by atoms with Crippen molar-refractivity contribution in [3.8, 4) is 0 Å². The molecule has 1 aromatic heterocycles. The van der Waals surface area contributed by atoms with Gasteiger partial charge in [-0.3, -0.25) is 9.78 Å². The van der Waals surface area contributed by atoms with Gasteiger partial charge in [-0.05, 0) is 6.26 Å². The van der Waals surface area contributed by atoms with Crippen LogP contribution in [-0.4, -0.2) is 16.2 Å². The highest BCUT2D eigenvalue weighted by atomic mass is 32.2. The maximum atomic E-state index is 10.8. The second kappa shape index (κ2) is 2.74. The third kappa shape index (κ3) is 1.30. The van der Waals surface area contributed by atoms with Crippen molar-refractivity contribution in [3.63, 3.8) is 0 Å². The summed E-state index contributed by atoms with van der Waals surface area (Å²) in [5.41, 5.74) is -0.806. The SMILES string of the molecule is CSc1c[nH]c(=O)[nH]c1=O. The Balaban J connectivity index is 3.34. The zero-order valence-corrected chi connectivity index (χ0v) is 6.12. The van der Waals surface area contributed by atoms with Crippen LogP contribution in [0.1, 0.15) is 0 Å². The van der Waals surface area contributed by atoms with Gasteiger partial charge >= 0.3 is 5.69 Å². The first kappa shape index (κ1) is 7.14. The Morgan fingerprint density at radius 3 is 2.70 bits per heavy atom. The molecule has 0 aromatic carbocycles. The topological polar surface area (TPSA) is 65.7 Å². The number of H-pyrrole nitrogens is 2. The fourth-order valence-corrected chi connectivity index (χ4v) is 0.962. The lowest BCUT2D eigenvalue weighted by atomic mass is 10.7. The molecule has 0 aliphatic carbocycles. The molecule has 5 heteroatoms. The highest BCUT2D eigenvalue weighted by Gasteiger charge is 1.94. The summed E-state index contributed by atoms with van der Waals surface area (Å²) in [7, 11) is 0. The molecule has 1 heterocycles. The number of hydrogen-bond acceptors (Lipinski definition) is 3. The van der Waals surface area contributed by atoms with Gasteiger partial charge in [-0.1, -0.05) is 0 Å². The number of nitrogens with one attached hydrogen (secondary N) is 2. The summed E-state index contributed by atoms with van der Waals surface area (Å²) >= 11 is 1.29. The lowest BCUT2D eigenvalue weighted by Gasteiger charge is -1.89. The number of rotatable bonds is 1. The standard InChI is InChI=1S/C5H6N2O2S/c1-10-3-2-6-5(9)7-4(3)8/h2H,1H3,(H2,6,7,8,9). The molecule has 1 rings (SSSR count). The summed E-state index contributed by atoms with van der Waals surface area (Å²) in [4.78, 5) is 26.2. The molecule has 0 fully saturated rings. The van der Waals surface area contributed by atoms with Gasteiger partial charge in [0, 0.05) is 6.20 Å². The Hall–Kier alpha value is -0.970. The largest absolute Gasteiger partial charge is 0.325 e.